The molecule has 9 nitrogen and oxygen atoms in total. The molecule has 0 aromatic carbocycles. The number of aliphatic hydroxyl groups excluding tert-OH is 5. The fourth-order valence-electron chi connectivity index (χ4n) is 4.74. The van der Waals surface area contributed by atoms with Crippen molar-refractivity contribution in [1.82, 2.24) is 5.32 Å². The number of amides is 1. The highest BCUT2D eigenvalue weighted by Gasteiger charge is 2.44. The zero-order valence-corrected chi connectivity index (χ0v) is 24.4. The van der Waals surface area contributed by atoms with E-state index in [9.17, 15) is 30.3 Å². The average molecular weight is 560 g/mol. The number of carbonyl (C=O) groups is 1. The number of ether oxygens (including phenoxy) is 2. The van der Waals surface area contributed by atoms with E-state index in [1.165, 1.54) is 57.8 Å². The molecule has 0 saturated carbocycles. The Bertz CT molecular complexity index is 632. The third-order valence-electron chi connectivity index (χ3n) is 7.36. The zero-order chi connectivity index (χ0) is 28.9. The molecule has 230 valence electrons. The largest absolute Gasteiger partial charge is 0.394 e. The number of hydrogen-bond acceptors (Lipinski definition) is 8. The molecule has 39 heavy (non-hydrogen) atoms. The maximum absolute atomic E-state index is 12.7. The summed E-state index contributed by atoms with van der Waals surface area (Å²) in [4.78, 5) is 12.7. The van der Waals surface area contributed by atoms with Gasteiger partial charge in [0.25, 0.3) is 0 Å². The van der Waals surface area contributed by atoms with Crippen molar-refractivity contribution in [3.63, 3.8) is 0 Å². The highest BCUT2D eigenvalue weighted by atomic mass is 16.7. The molecular formula is C30H57NO8. The molecule has 0 spiro atoms. The lowest BCUT2D eigenvalue weighted by Gasteiger charge is -2.40. The second kappa shape index (κ2) is 22.6. The topological polar surface area (TPSA) is 149 Å². The summed E-state index contributed by atoms with van der Waals surface area (Å²) >= 11 is 0. The van der Waals surface area contributed by atoms with E-state index in [4.69, 9.17) is 9.47 Å². The van der Waals surface area contributed by atoms with Crippen LogP contribution in [0.1, 0.15) is 117 Å². The Kier molecular flexibility index (Phi) is 20.8. The smallest absolute Gasteiger partial charge is 0.220 e. The van der Waals surface area contributed by atoms with Gasteiger partial charge in [0.1, 0.15) is 24.4 Å². The molecule has 1 fully saturated rings. The second-order valence-corrected chi connectivity index (χ2v) is 10.9. The van der Waals surface area contributed by atoms with E-state index in [0.29, 0.717) is 6.42 Å². The molecule has 9 heteroatoms. The SMILES string of the molecule is CCCCCCCC/C=C/C(O)C(COC1OC(CO)C(O)C(O)C1O)NC(=O)CCCCCCCCCC. The summed E-state index contributed by atoms with van der Waals surface area (Å²) in [5, 5.41) is 53.3. The third-order valence-corrected chi connectivity index (χ3v) is 7.36. The number of aliphatic hydroxyl groups is 5. The highest BCUT2D eigenvalue weighted by Crippen LogP contribution is 2.22. The fourth-order valence-corrected chi connectivity index (χ4v) is 4.74. The van der Waals surface area contributed by atoms with Crippen LogP contribution in [0.25, 0.3) is 0 Å². The Balaban J connectivity index is 2.59. The Labute approximate surface area is 236 Å². The Morgan fingerprint density at radius 3 is 2.00 bits per heavy atom. The van der Waals surface area contributed by atoms with Gasteiger partial charge in [-0.15, -0.1) is 0 Å². The van der Waals surface area contributed by atoms with Crippen molar-refractivity contribution in [2.45, 2.75) is 159 Å². The Morgan fingerprint density at radius 1 is 0.846 bits per heavy atom. The van der Waals surface area contributed by atoms with Gasteiger partial charge in [0.05, 0.1) is 25.4 Å². The monoisotopic (exact) mass is 559 g/mol. The molecule has 0 aliphatic carbocycles. The second-order valence-electron chi connectivity index (χ2n) is 10.9. The summed E-state index contributed by atoms with van der Waals surface area (Å²) in [5.41, 5.74) is 0. The van der Waals surface area contributed by atoms with Gasteiger partial charge in [-0.1, -0.05) is 103 Å². The van der Waals surface area contributed by atoms with Crippen LogP contribution < -0.4 is 5.32 Å². The van der Waals surface area contributed by atoms with E-state index in [2.05, 4.69) is 19.2 Å². The summed E-state index contributed by atoms with van der Waals surface area (Å²) in [5.74, 6) is -0.188. The number of nitrogens with one attached hydrogen (secondary N) is 1. The minimum Gasteiger partial charge on any atom is -0.394 e. The van der Waals surface area contributed by atoms with Gasteiger partial charge in [0.2, 0.25) is 5.91 Å². The molecule has 0 radical (unpaired) electrons. The fraction of sp³-hybridized carbons (Fsp3) is 0.900. The average Bonchev–Trinajstić information content (AvgIpc) is 2.93. The third kappa shape index (κ3) is 15.5. The Morgan fingerprint density at radius 2 is 1.41 bits per heavy atom. The van der Waals surface area contributed by atoms with Gasteiger partial charge in [-0.05, 0) is 19.3 Å². The van der Waals surface area contributed by atoms with Crippen molar-refractivity contribution in [3.8, 4) is 0 Å². The predicted octanol–water partition coefficient (Wildman–Crippen LogP) is 3.49. The maximum Gasteiger partial charge on any atom is 0.220 e. The molecule has 1 heterocycles. The molecule has 0 aromatic heterocycles. The molecule has 1 aliphatic heterocycles. The van der Waals surface area contributed by atoms with Crippen LogP contribution in [0.15, 0.2) is 12.2 Å². The zero-order valence-electron chi connectivity index (χ0n) is 24.4. The molecule has 1 aliphatic rings. The van der Waals surface area contributed by atoms with E-state index >= 15 is 0 Å². The number of allylic oxidation sites excluding steroid dienone is 1. The molecule has 0 aromatic rings. The van der Waals surface area contributed by atoms with Gasteiger partial charge in [-0.25, -0.2) is 0 Å². The predicted molar refractivity (Wildman–Crippen MR) is 152 cm³/mol. The first-order valence-corrected chi connectivity index (χ1v) is 15.4. The van der Waals surface area contributed by atoms with Crippen molar-refractivity contribution in [2.75, 3.05) is 13.2 Å². The quantitative estimate of drug-likeness (QED) is 0.0823. The lowest BCUT2D eigenvalue weighted by atomic mass is 9.99. The highest BCUT2D eigenvalue weighted by molar-refractivity contribution is 5.76. The number of hydrogen-bond donors (Lipinski definition) is 6. The summed E-state index contributed by atoms with van der Waals surface area (Å²) < 4.78 is 11.0. The molecule has 1 rings (SSSR count). The molecule has 0 bridgehead atoms. The maximum atomic E-state index is 12.7. The lowest BCUT2D eigenvalue weighted by molar-refractivity contribution is -0.302. The van der Waals surface area contributed by atoms with E-state index < -0.39 is 49.5 Å². The van der Waals surface area contributed by atoms with Gasteiger partial charge in [-0.3, -0.25) is 4.79 Å². The van der Waals surface area contributed by atoms with Crippen LogP contribution in [0, 0.1) is 0 Å². The van der Waals surface area contributed by atoms with Crippen molar-refractivity contribution >= 4 is 5.91 Å². The van der Waals surface area contributed by atoms with Crippen molar-refractivity contribution in [1.29, 1.82) is 0 Å². The number of unbranched alkanes of at least 4 members (excludes halogenated alkanes) is 13. The summed E-state index contributed by atoms with van der Waals surface area (Å²) in [7, 11) is 0. The van der Waals surface area contributed by atoms with E-state index in [-0.39, 0.29) is 12.5 Å². The van der Waals surface area contributed by atoms with Crippen molar-refractivity contribution in [2.24, 2.45) is 0 Å². The molecule has 7 atom stereocenters. The number of carbonyl (C=O) groups excluding carboxylic acids is 1. The van der Waals surface area contributed by atoms with E-state index in [0.717, 1.165) is 38.5 Å². The van der Waals surface area contributed by atoms with Gasteiger partial charge >= 0.3 is 0 Å². The standard InChI is InChI=1S/C30H57NO8/c1-3-5-7-9-11-13-15-17-19-24(33)23(31-26(34)20-18-16-14-12-10-8-6-4-2)22-38-30-29(37)28(36)27(35)25(21-32)39-30/h17,19,23-25,27-30,32-33,35-37H,3-16,18,20-22H2,1-2H3,(H,31,34)/b19-17+. The summed E-state index contributed by atoms with van der Waals surface area (Å²) in [6.07, 6.45) is 12.8. The molecular weight excluding hydrogens is 502 g/mol. The van der Waals surface area contributed by atoms with Crippen molar-refractivity contribution < 1.29 is 39.8 Å². The first-order valence-electron chi connectivity index (χ1n) is 15.4. The van der Waals surface area contributed by atoms with Crippen LogP contribution in [-0.2, 0) is 14.3 Å². The van der Waals surface area contributed by atoms with Crippen LogP contribution in [-0.4, -0.2) is 87.5 Å². The van der Waals surface area contributed by atoms with Crippen LogP contribution in [0.3, 0.4) is 0 Å². The minimum absolute atomic E-state index is 0.186. The molecule has 7 unspecified atom stereocenters. The van der Waals surface area contributed by atoms with Gasteiger partial charge in [-0.2, -0.15) is 0 Å². The molecule has 6 N–H and O–H groups in total. The Hall–Kier alpha value is -1.07. The van der Waals surface area contributed by atoms with Crippen LogP contribution in [0.5, 0.6) is 0 Å². The minimum atomic E-state index is -1.56. The summed E-state index contributed by atoms with van der Waals surface area (Å²) in [6, 6.07) is -0.792. The van der Waals surface area contributed by atoms with Crippen LogP contribution in [0.2, 0.25) is 0 Å². The van der Waals surface area contributed by atoms with Crippen LogP contribution >= 0.6 is 0 Å². The first-order chi connectivity index (χ1) is 18.8. The first kappa shape index (κ1) is 36.0. The molecule has 1 saturated heterocycles. The van der Waals surface area contributed by atoms with Gasteiger partial charge in [0.15, 0.2) is 6.29 Å². The molecule has 1 amide bonds. The van der Waals surface area contributed by atoms with Gasteiger partial charge in [0, 0.05) is 6.42 Å². The number of rotatable bonds is 23. The lowest BCUT2D eigenvalue weighted by Crippen LogP contribution is -2.60. The van der Waals surface area contributed by atoms with E-state index in [1.54, 1.807) is 6.08 Å². The van der Waals surface area contributed by atoms with Gasteiger partial charge < -0.3 is 40.3 Å². The van der Waals surface area contributed by atoms with Crippen molar-refractivity contribution in [3.05, 3.63) is 12.2 Å². The normalized spacial score (nSPS) is 25.2. The van der Waals surface area contributed by atoms with Crippen LogP contribution in [0.4, 0.5) is 0 Å². The van der Waals surface area contributed by atoms with E-state index in [1.807, 2.05) is 6.08 Å². The summed E-state index contributed by atoms with van der Waals surface area (Å²) in [6.45, 7) is 3.64.